The van der Waals surface area contributed by atoms with Crippen LogP contribution in [0.2, 0.25) is 0 Å². The molecule has 1 unspecified atom stereocenters. The molecule has 1 heterocycles. The molecule has 1 aromatic carbocycles. The van der Waals surface area contributed by atoms with Crippen molar-refractivity contribution >= 4 is 0 Å². The van der Waals surface area contributed by atoms with Crippen molar-refractivity contribution in [2.75, 3.05) is 0 Å². The molecule has 1 fully saturated rings. The molecule has 1 saturated carbocycles. The van der Waals surface area contributed by atoms with E-state index in [0.717, 1.165) is 24.2 Å². The minimum absolute atomic E-state index is 0.387. The topological polar surface area (TPSA) is 38.0 Å². The molecule has 0 bridgehead atoms. The summed E-state index contributed by atoms with van der Waals surface area (Å²) in [6.07, 6.45) is 3.77. The monoisotopic (exact) mass is 228 g/mol. The van der Waals surface area contributed by atoms with Crippen molar-refractivity contribution in [1.29, 1.82) is 0 Å². The number of rotatable bonds is 3. The molecule has 88 valence electrons. The highest BCUT2D eigenvalue weighted by Gasteiger charge is 2.32. The van der Waals surface area contributed by atoms with Gasteiger partial charge < -0.3 is 5.11 Å². The van der Waals surface area contributed by atoms with Gasteiger partial charge in [-0.3, -0.25) is 0 Å². The number of benzene rings is 1. The van der Waals surface area contributed by atoms with Gasteiger partial charge in [0.15, 0.2) is 0 Å². The summed E-state index contributed by atoms with van der Waals surface area (Å²) in [6.45, 7) is 2.06. The second-order valence-corrected chi connectivity index (χ2v) is 4.80. The Morgan fingerprint density at radius 3 is 2.59 bits per heavy atom. The van der Waals surface area contributed by atoms with Crippen molar-refractivity contribution in [3.05, 3.63) is 47.8 Å². The van der Waals surface area contributed by atoms with Gasteiger partial charge in [-0.15, -0.1) is 0 Å². The van der Waals surface area contributed by atoms with Crippen LogP contribution in [0.3, 0.4) is 0 Å². The van der Waals surface area contributed by atoms with E-state index in [-0.39, 0.29) is 6.10 Å². The maximum Gasteiger partial charge on any atom is 0.101 e. The lowest BCUT2D eigenvalue weighted by molar-refractivity contribution is 0.148. The van der Waals surface area contributed by atoms with E-state index in [4.69, 9.17) is 0 Å². The van der Waals surface area contributed by atoms with Gasteiger partial charge in [0.2, 0.25) is 0 Å². The van der Waals surface area contributed by atoms with Crippen LogP contribution in [0.25, 0.3) is 5.69 Å². The van der Waals surface area contributed by atoms with Gasteiger partial charge >= 0.3 is 0 Å². The van der Waals surface area contributed by atoms with Gasteiger partial charge in [-0.1, -0.05) is 17.7 Å². The molecule has 0 amide bonds. The van der Waals surface area contributed by atoms with Crippen LogP contribution in [0.5, 0.6) is 0 Å². The number of aliphatic hydroxyl groups excluding tert-OH is 1. The first-order valence-corrected chi connectivity index (χ1v) is 6.05. The molecular formula is C14H16N2O. The summed E-state index contributed by atoms with van der Waals surface area (Å²) in [4.78, 5) is 0. The maximum absolute atomic E-state index is 9.99. The lowest BCUT2D eigenvalue weighted by Gasteiger charge is -2.05. The van der Waals surface area contributed by atoms with Gasteiger partial charge in [-0.25, -0.2) is 4.68 Å². The van der Waals surface area contributed by atoms with Crippen LogP contribution in [0, 0.1) is 12.8 Å². The Balaban J connectivity index is 1.86. The molecule has 1 aliphatic carbocycles. The number of hydrogen-bond acceptors (Lipinski definition) is 2. The highest BCUT2D eigenvalue weighted by Crippen LogP contribution is 2.40. The van der Waals surface area contributed by atoms with Crippen LogP contribution in [-0.2, 0) is 0 Å². The average molecular weight is 228 g/mol. The predicted molar refractivity (Wildman–Crippen MR) is 66.0 cm³/mol. The van der Waals surface area contributed by atoms with Crippen molar-refractivity contribution in [2.24, 2.45) is 5.92 Å². The Morgan fingerprint density at radius 1 is 1.24 bits per heavy atom. The molecule has 1 N–H and O–H groups in total. The smallest absolute Gasteiger partial charge is 0.101 e. The van der Waals surface area contributed by atoms with E-state index in [9.17, 15) is 5.11 Å². The highest BCUT2D eigenvalue weighted by molar-refractivity contribution is 5.33. The van der Waals surface area contributed by atoms with Gasteiger partial charge in [0.05, 0.1) is 11.4 Å². The number of nitrogens with zero attached hydrogens (tertiary/aromatic N) is 2. The molecule has 2 aromatic rings. The maximum atomic E-state index is 9.99. The minimum atomic E-state index is -0.387. The molecule has 17 heavy (non-hydrogen) atoms. The normalized spacial score (nSPS) is 17.1. The van der Waals surface area contributed by atoms with Gasteiger partial charge in [-0.05, 0) is 43.9 Å². The first-order valence-electron chi connectivity index (χ1n) is 6.05. The van der Waals surface area contributed by atoms with Crippen LogP contribution >= 0.6 is 0 Å². The Labute approximate surface area is 101 Å². The Kier molecular flexibility index (Phi) is 2.48. The van der Waals surface area contributed by atoms with Crippen LogP contribution in [0.1, 0.15) is 30.2 Å². The molecule has 3 heteroatoms. The third-order valence-corrected chi connectivity index (χ3v) is 3.28. The van der Waals surface area contributed by atoms with Crippen molar-refractivity contribution in [3.8, 4) is 5.69 Å². The summed E-state index contributed by atoms with van der Waals surface area (Å²) in [5, 5.41) is 14.4. The molecule has 0 radical (unpaired) electrons. The summed E-state index contributed by atoms with van der Waals surface area (Å²) in [5.74, 6) is 0.427. The van der Waals surface area contributed by atoms with E-state index in [1.54, 1.807) is 0 Å². The molecule has 0 aliphatic heterocycles. The largest absolute Gasteiger partial charge is 0.386 e. The lowest BCUT2D eigenvalue weighted by Crippen LogP contribution is -2.02. The Bertz CT molecular complexity index is 511. The van der Waals surface area contributed by atoms with Gasteiger partial charge in [-0.2, -0.15) is 5.10 Å². The standard InChI is InChI=1S/C14H16N2O/c1-10-2-6-12(7-3-10)16-9-8-13(15-16)14(17)11-4-5-11/h2-3,6-9,11,14,17H,4-5H2,1H3. The SMILES string of the molecule is Cc1ccc(-n2ccc(C(O)C3CC3)n2)cc1. The fourth-order valence-electron chi connectivity index (χ4n) is 1.99. The highest BCUT2D eigenvalue weighted by atomic mass is 16.3. The van der Waals surface area contributed by atoms with E-state index >= 15 is 0 Å². The van der Waals surface area contributed by atoms with Gasteiger partial charge in [0.1, 0.15) is 6.10 Å². The van der Waals surface area contributed by atoms with Crippen molar-refractivity contribution in [2.45, 2.75) is 25.9 Å². The summed E-state index contributed by atoms with van der Waals surface area (Å²) in [6, 6.07) is 10.1. The predicted octanol–water partition coefficient (Wildman–Crippen LogP) is 2.62. The zero-order valence-electron chi connectivity index (χ0n) is 9.87. The summed E-state index contributed by atoms with van der Waals surface area (Å²) in [5.41, 5.74) is 3.05. The summed E-state index contributed by atoms with van der Waals surface area (Å²) in [7, 11) is 0. The summed E-state index contributed by atoms with van der Waals surface area (Å²) < 4.78 is 1.82. The Hall–Kier alpha value is -1.61. The number of hydrogen-bond donors (Lipinski definition) is 1. The first-order chi connectivity index (χ1) is 8.24. The van der Waals surface area contributed by atoms with Crippen molar-refractivity contribution in [1.82, 2.24) is 9.78 Å². The fraction of sp³-hybridized carbons (Fsp3) is 0.357. The Morgan fingerprint density at radius 2 is 1.94 bits per heavy atom. The summed E-state index contributed by atoms with van der Waals surface area (Å²) >= 11 is 0. The van der Waals surface area contributed by atoms with E-state index in [1.165, 1.54) is 5.56 Å². The molecule has 3 nitrogen and oxygen atoms in total. The number of aliphatic hydroxyl groups is 1. The zero-order valence-corrected chi connectivity index (χ0v) is 9.87. The van der Waals surface area contributed by atoms with Gasteiger partial charge in [0.25, 0.3) is 0 Å². The molecular weight excluding hydrogens is 212 g/mol. The molecule has 1 aliphatic rings. The second kappa shape index (κ2) is 4.00. The third kappa shape index (κ3) is 2.11. The van der Waals surface area contributed by atoms with Crippen LogP contribution < -0.4 is 0 Å². The van der Waals surface area contributed by atoms with Crippen molar-refractivity contribution in [3.63, 3.8) is 0 Å². The fourth-order valence-corrected chi connectivity index (χ4v) is 1.99. The van der Waals surface area contributed by atoms with Crippen LogP contribution in [0.4, 0.5) is 0 Å². The number of aromatic nitrogens is 2. The lowest BCUT2D eigenvalue weighted by atomic mass is 10.2. The molecule has 1 atom stereocenters. The zero-order chi connectivity index (χ0) is 11.8. The second-order valence-electron chi connectivity index (χ2n) is 4.80. The molecule has 0 saturated heterocycles. The number of aryl methyl sites for hydroxylation is 1. The van der Waals surface area contributed by atoms with E-state index < -0.39 is 0 Å². The van der Waals surface area contributed by atoms with Gasteiger partial charge in [0, 0.05) is 6.20 Å². The molecule has 0 spiro atoms. The average Bonchev–Trinajstić information content (AvgIpc) is 3.07. The van der Waals surface area contributed by atoms with Crippen molar-refractivity contribution < 1.29 is 5.11 Å². The van der Waals surface area contributed by atoms with E-state index in [0.29, 0.717) is 5.92 Å². The van der Waals surface area contributed by atoms with Crippen LogP contribution in [0.15, 0.2) is 36.5 Å². The molecule has 1 aromatic heterocycles. The van der Waals surface area contributed by atoms with E-state index in [2.05, 4.69) is 24.2 Å². The van der Waals surface area contributed by atoms with Crippen LogP contribution in [-0.4, -0.2) is 14.9 Å². The van der Waals surface area contributed by atoms with E-state index in [1.807, 2.05) is 29.1 Å². The first kappa shape index (κ1) is 10.5. The minimum Gasteiger partial charge on any atom is -0.386 e. The third-order valence-electron chi connectivity index (χ3n) is 3.28. The quantitative estimate of drug-likeness (QED) is 0.877. The molecule has 3 rings (SSSR count).